The number of rotatable bonds is 11. The molecule has 0 aliphatic carbocycles. The van der Waals surface area contributed by atoms with Gasteiger partial charge in [-0.3, -0.25) is 21.2 Å². The summed E-state index contributed by atoms with van der Waals surface area (Å²) in [4.78, 5) is 2.15. The zero-order valence-corrected chi connectivity index (χ0v) is 17.7. The molecule has 0 aromatic heterocycles. The van der Waals surface area contributed by atoms with Crippen molar-refractivity contribution in [2.45, 2.75) is 9.79 Å². The van der Waals surface area contributed by atoms with Gasteiger partial charge in [0.25, 0.3) is 0 Å². The van der Waals surface area contributed by atoms with Crippen LogP contribution in [0.1, 0.15) is 0 Å². The maximum atomic E-state index is 11.1. The zero-order valence-electron chi connectivity index (χ0n) is 15.0. The van der Waals surface area contributed by atoms with Crippen LogP contribution in [-0.4, -0.2) is 25.6 Å². The van der Waals surface area contributed by atoms with Crippen molar-refractivity contribution in [1.82, 2.24) is 11.1 Å². The van der Waals surface area contributed by atoms with E-state index in [1.54, 1.807) is 23.5 Å². The molecule has 0 aliphatic heterocycles. The van der Waals surface area contributed by atoms with E-state index in [2.05, 4.69) is 21.9 Å². The number of benzene rings is 2. The van der Waals surface area contributed by atoms with Crippen LogP contribution in [0.15, 0.2) is 58.3 Å². The van der Waals surface area contributed by atoms with Crippen LogP contribution in [0, 0.1) is 10.4 Å². The number of hydrogen-bond donors (Lipinski definition) is 6. The molecule has 2 rings (SSSR count). The quantitative estimate of drug-likeness (QED) is 0.163. The minimum absolute atomic E-state index is 0. The second kappa shape index (κ2) is 13.2. The number of nitrogens with one attached hydrogen (secondary N) is 6. The average molecular weight is 455 g/mol. The second-order valence-electron chi connectivity index (χ2n) is 5.30. The van der Waals surface area contributed by atoms with Gasteiger partial charge in [0.05, 0.1) is 25.5 Å². The molecule has 2 aromatic carbocycles. The SMILES string of the molecule is C[NH+]([O-])NNc1ccccc1SCCSc1ccccc1NN[NH+](C)[O-].[Co+2]. The third-order valence-electron chi connectivity index (χ3n) is 3.12. The van der Waals surface area contributed by atoms with Crippen LogP contribution in [0.2, 0.25) is 0 Å². The summed E-state index contributed by atoms with van der Waals surface area (Å²) < 4.78 is 0. The van der Waals surface area contributed by atoms with Crippen LogP contribution in [0.25, 0.3) is 0 Å². The number of anilines is 2. The Morgan fingerprint density at radius 2 is 1.11 bits per heavy atom. The van der Waals surface area contributed by atoms with E-state index in [4.69, 9.17) is 0 Å². The van der Waals surface area contributed by atoms with Crippen LogP contribution in [0.4, 0.5) is 11.4 Å². The van der Waals surface area contributed by atoms with E-state index in [0.717, 1.165) is 32.7 Å². The van der Waals surface area contributed by atoms with Crippen LogP contribution < -0.4 is 32.3 Å². The summed E-state index contributed by atoms with van der Waals surface area (Å²) >= 11 is 3.43. The Balaban J connectivity index is 0.00000364. The predicted molar refractivity (Wildman–Crippen MR) is 108 cm³/mol. The Morgan fingerprint density at radius 1 is 0.741 bits per heavy atom. The van der Waals surface area contributed by atoms with Crippen molar-refractivity contribution in [2.24, 2.45) is 0 Å². The molecule has 149 valence electrons. The van der Waals surface area contributed by atoms with Crippen molar-refractivity contribution in [2.75, 3.05) is 36.5 Å². The third kappa shape index (κ3) is 9.16. The fourth-order valence-corrected chi connectivity index (χ4v) is 4.01. The maximum Gasteiger partial charge on any atom is 2.00 e. The predicted octanol–water partition coefficient (Wildman–Crippen LogP) is 0.257. The number of hydrogen-bond acceptors (Lipinski definition) is 8. The molecule has 0 saturated carbocycles. The van der Waals surface area contributed by atoms with Gasteiger partial charge in [0.1, 0.15) is 0 Å². The molecule has 0 aliphatic rings. The summed E-state index contributed by atoms with van der Waals surface area (Å²) in [5.74, 6) is 1.80. The Morgan fingerprint density at radius 3 is 1.48 bits per heavy atom. The largest absolute Gasteiger partial charge is 2.00 e. The first-order chi connectivity index (χ1) is 12.6. The number of hydrazine groups is 2. The number of quaternary nitrogens is 2. The summed E-state index contributed by atoms with van der Waals surface area (Å²) in [6, 6.07) is 15.7. The minimum atomic E-state index is -0.136. The van der Waals surface area contributed by atoms with E-state index in [1.807, 2.05) is 48.5 Å². The van der Waals surface area contributed by atoms with Gasteiger partial charge in [-0.2, -0.15) is 0 Å². The standard InChI is InChI=1S/C16H24N6O2S2.Co/c1-21(23)19-17-13-7-3-5-9-15(13)25-11-12-26-16-10-6-4-8-14(16)18-20-22(2)24;/h3-10,17-22H,11-12H2,1-2H3;/q;+2. The summed E-state index contributed by atoms with van der Waals surface area (Å²) in [5, 5.41) is 21.8. The molecule has 0 spiro atoms. The van der Waals surface area contributed by atoms with Crippen molar-refractivity contribution < 1.29 is 27.1 Å². The molecule has 0 fully saturated rings. The molecule has 11 heteroatoms. The van der Waals surface area contributed by atoms with Crippen molar-refractivity contribution >= 4 is 34.9 Å². The minimum Gasteiger partial charge on any atom is -0.612 e. The first-order valence-corrected chi connectivity index (χ1v) is 10.0. The first-order valence-electron chi connectivity index (χ1n) is 8.05. The van der Waals surface area contributed by atoms with E-state index >= 15 is 0 Å². The van der Waals surface area contributed by atoms with Crippen LogP contribution in [-0.2, 0) is 16.8 Å². The summed E-state index contributed by atoms with van der Waals surface area (Å²) in [6.45, 7) is 0. The molecule has 0 amide bonds. The van der Waals surface area contributed by atoms with Crippen LogP contribution in [0.3, 0.4) is 0 Å². The molecule has 2 unspecified atom stereocenters. The van der Waals surface area contributed by atoms with E-state index in [9.17, 15) is 10.4 Å². The summed E-state index contributed by atoms with van der Waals surface area (Å²) in [7, 11) is 2.93. The number of hydroxylamine groups is 2. The fourth-order valence-electron chi connectivity index (χ4n) is 2.01. The number of thioether (sulfide) groups is 2. The Labute approximate surface area is 178 Å². The maximum absolute atomic E-state index is 11.1. The zero-order chi connectivity index (χ0) is 18.8. The van der Waals surface area contributed by atoms with Gasteiger partial charge in [0, 0.05) is 21.3 Å². The van der Waals surface area contributed by atoms with Crippen molar-refractivity contribution in [3.8, 4) is 0 Å². The molecule has 2 atom stereocenters. The van der Waals surface area contributed by atoms with Gasteiger partial charge in [-0.25, -0.2) is 0 Å². The van der Waals surface area contributed by atoms with Gasteiger partial charge in [-0.05, 0) is 24.3 Å². The van der Waals surface area contributed by atoms with E-state index in [1.165, 1.54) is 14.1 Å². The number of para-hydroxylation sites is 2. The van der Waals surface area contributed by atoms with Gasteiger partial charge >= 0.3 is 16.8 Å². The van der Waals surface area contributed by atoms with Crippen LogP contribution in [0.5, 0.6) is 0 Å². The van der Waals surface area contributed by atoms with Gasteiger partial charge in [0.15, 0.2) is 0 Å². The van der Waals surface area contributed by atoms with Crippen LogP contribution >= 0.6 is 23.5 Å². The molecule has 8 nitrogen and oxygen atoms in total. The molecule has 6 N–H and O–H groups in total. The molecule has 0 bridgehead atoms. The topological polar surface area (TPSA) is 103 Å². The van der Waals surface area contributed by atoms with E-state index < -0.39 is 0 Å². The van der Waals surface area contributed by atoms with Gasteiger partial charge in [-0.1, -0.05) is 35.3 Å². The van der Waals surface area contributed by atoms with E-state index in [0.29, 0.717) is 0 Å². The van der Waals surface area contributed by atoms with Crippen molar-refractivity contribution in [3.63, 3.8) is 0 Å². The van der Waals surface area contributed by atoms with Gasteiger partial charge in [0.2, 0.25) is 0 Å². The average Bonchev–Trinajstić information content (AvgIpc) is 2.63. The summed E-state index contributed by atoms with van der Waals surface area (Å²) in [5.41, 5.74) is 12.8. The van der Waals surface area contributed by atoms with Crippen molar-refractivity contribution in [3.05, 3.63) is 58.9 Å². The smallest absolute Gasteiger partial charge is 0.612 e. The third-order valence-corrected chi connectivity index (χ3v) is 5.53. The van der Waals surface area contributed by atoms with Gasteiger partial charge < -0.3 is 10.4 Å². The van der Waals surface area contributed by atoms with Gasteiger partial charge in [-0.15, -0.1) is 23.5 Å². The Hall–Kier alpha value is -0.994. The molecular formula is C16H24CoN6O2S2+2. The second-order valence-corrected chi connectivity index (χ2v) is 7.58. The molecule has 2 aromatic rings. The molecule has 27 heavy (non-hydrogen) atoms. The van der Waals surface area contributed by atoms with E-state index in [-0.39, 0.29) is 27.1 Å². The summed E-state index contributed by atoms with van der Waals surface area (Å²) in [6.07, 6.45) is 0. The normalized spacial score (nSPS) is 12.7. The Kier molecular flexibility index (Phi) is 11.8. The monoisotopic (exact) mass is 455 g/mol. The molecule has 0 saturated heterocycles. The fraction of sp³-hybridized carbons (Fsp3) is 0.250. The Bertz CT molecular complexity index is 623. The first kappa shape index (κ1) is 24.0. The molecule has 1 radical (unpaired) electrons. The molecule has 0 heterocycles. The van der Waals surface area contributed by atoms with Crippen molar-refractivity contribution in [1.29, 1.82) is 0 Å². The molecular weight excluding hydrogens is 431 g/mol.